The topological polar surface area (TPSA) is 75.7 Å². The fourth-order valence-corrected chi connectivity index (χ4v) is 6.08. The van der Waals surface area contributed by atoms with Gasteiger partial charge in [0.15, 0.2) is 0 Å². The molecule has 0 spiro atoms. The number of rotatable bonds is 6. The molecule has 0 radical (unpaired) electrons. The molecular weight excluding hydrogens is 468 g/mol. The number of nitrogens with zero attached hydrogens (tertiary/aromatic N) is 1. The molecule has 1 aliphatic rings. The number of carbonyl (C=O) groups excluding carboxylic acids is 1. The summed E-state index contributed by atoms with van der Waals surface area (Å²) in [6.07, 6.45) is 0. The van der Waals surface area contributed by atoms with Gasteiger partial charge in [0.25, 0.3) is 5.91 Å². The van der Waals surface area contributed by atoms with Crippen molar-refractivity contribution in [2.75, 3.05) is 26.3 Å². The number of ether oxygens (including phenoxy) is 1. The van der Waals surface area contributed by atoms with E-state index in [-0.39, 0.29) is 22.4 Å². The molecular formula is C23H23ClN2O4S2. The van der Waals surface area contributed by atoms with Crippen molar-refractivity contribution in [1.29, 1.82) is 0 Å². The molecule has 1 atom stereocenters. The Morgan fingerprint density at radius 3 is 2.47 bits per heavy atom. The lowest BCUT2D eigenvalue weighted by Crippen LogP contribution is -2.41. The van der Waals surface area contributed by atoms with Crippen LogP contribution in [0, 0.1) is 6.92 Å². The van der Waals surface area contributed by atoms with E-state index in [9.17, 15) is 13.2 Å². The van der Waals surface area contributed by atoms with Gasteiger partial charge in [-0.1, -0.05) is 29.8 Å². The van der Waals surface area contributed by atoms with E-state index in [1.54, 1.807) is 31.2 Å². The van der Waals surface area contributed by atoms with Crippen LogP contribution in [0.2, 0.25) is 5.02 Å². The van der Waals surface area contributed by atoms with E-state index in [1.165, 1.54) is 21.7 Å². The third kappa shape index (κ3) is 4.89. The Bertz CT molecular complexity index is 1190. The number of aryl methyl sites for hydroxylation is 1. The molecule has 32 heavy (non-hydrogen) atoms. The summed E-state index contributed by atoms with van der Waals surface area (Å²) in [5.74, 6) is -0.352. The van der Waals surface area contributed by atoms with E-state index in [1.807, 2.05) is 29.0 Å². The SMILES string of the molecule is Cc1ccc(C(=O)NC(c2ccc(Cl)cc2)c2ccsc2)cc1S(=O)(=O)N1CCOCC1. The molecule has 168 valence electrons. The minimum absolute atomic E-state index is 0.144. The van der Waals surface area contributed by atoms with Crippen LogP contribution in [0.1, 0.15) is 33.1 Å². The van der Waals surface area contributed by atoms with Crippen LogP contribution in [0.4, 0.5) is 0 Å². The van der Waals surface area contributed by atoms with Gasteiger partial charge in [-0.15, -0.1) is 0 Å². The van der Waals surface area contributed by atoms with E-state index in [0.29, 0.717) is 36.9 Å². The summed E-state index contributed by atoms with van der Waals surface area (Å²) in [6.45, 7) is 3.06. The van der Waals surface area contributed by atoms with E-state index >= 15 is 0 Å². The molecule has 0 bridgehead atoms. The van der Waals surface area contributed by atoms with Crippen LogP contribution >= 0.6 is 22.9 Å². The molecule has 1 aromatic heterocycles. The number of nitrogens with one attached hydrogen (secondary N) is 1. The van der Waals surface area contributed by atoms with Crippen molar-refractivity contribution < 1.29 is 17.9 Å². The van der Waals surface area contributed by atoms with Crippen molar-refractivity contribution in [2.45, 2.75) is 17.9 Å². The van der Waals surface area contributed by atoms with Crippen LogP contribution in [0.3, 0.4) is 0 Å². The van der Waals surface area contributed by atoms with Gasteiger partial charge in [0.05, 0.1) is 24.2 Å². The minimum atomic E-state index is -3.72. The fourth-order valence-electron chi connectivity index (χ4n) is 3.61. The number of benzene rings is 2. The van der Waals surface area contributed by atoms with E-state index < -0.39 is 10.0 Å². The highest BCUT2D eigenvalue weighted by Crippen LogP contribution is 2.27. The zero-order valence-corrected chi connectivity index (χ0v) is 19.8. The molecule has 1 amide bonds. The van der Waals surface area contributed by atoms with E-state index in [4.69, 9.17) is 16.3 Å². The monoisotopic (exact) mass is 490 g/mol. The first-order valence-corrected chi connectivity index (χ1v) is 12.9. The molecule has 1 unspecified atom stereocenters. The second-order valence-corrected chi connectivity index (χ2v) is 10.6. The number of amides is 1. The van der Waals surface area contributed by atoms with Gasteiger partial charge in [0, 0.05) is 23.7 Å². The lowest BCUT2D eigenvalue weighted by molar-refractivity contribution is 0.0730. The van der Waals surface area contributed by atoms with E-state index in [0.717, 1.165) is 11.1 Å². The van der Waals surface area contributed by atoms with Gasteiger partial charge in [-0.3, -0.25) is 4.79 Å². The first-order chi connectivity index (χ1) is 15.4. The number of hydrogen-bond acceptors (Lipinski definition) is 5. The number of hydrogen-bond donors (Lipinski definition) is 1. The third-order valence-corrected chi connectivity index (χ3v) is 8.39. The molecule has 1 fully saturated rings. The molecule has 4 rings (SSSR count). The normalized spacial score (nSPS) is 15.9. The first-order valence-electron chi connectivity index (χ1n) is 10.1. The molecule has 2 aromatic carbocycles. The van der Waals surface area contributed by atoms with Gasteiger partial charge in [-0.25, -0.2) is 8.42 Å². The summed E-state index contributed by atoms with van der Waals surface area (Å²) in [7, 11) is -3.72. The second kappa shape index (κ2) is 9.72. The van der Waals surface area contributed by atoms with Crippen LogP contribution in [-0.2, 0) is 14.8 Å². The van der Waals surface area contributed by atoms with Crippen molar-refractivity contribution in [1.82, 2.24) is 9.62 Å². The molecule has 1 saturated heterocycles. The quantitative estimate of drug-likeness (QED) is 0.560. The van der Waals surface area contributed by atoms with Crippen molar-refractivity contribution in [3.63, 3.8) is 0 Å². The maximum Gasteiger partial charge on any atom is 0.252 e. The van der Waals surface area contributed by atoms with E-state index in [2.05, 4.69) is 5.32 Å². The largest absolute Gasteiger partial charge is 0.379 e. The molecule has 0 aliphatic carbocycles. The van der Waals surface area contributed by atoms with Crippen LogP contribution < -0.4 is 5.32 Å². The Morgan fingerprint density at radius 2 is 1.81 bits per heavy atom. The number of morpholine rings is 1. The fraction of sp³-hybridized carbons (Fsp3) is 0.261. The van der Waals surface area contributed by atoms with Gasteiger partial charge >= 0.3 is 0 Å². The number of halogens is 1. The highest BCUT2D eigenvalue weighted by Gasteiger charge is 2.29. The smallest absolute Gasteiger partial charge is 0.252 e. The average Bonchev–Trinajstić information content (AvgIpc) is 3.33. The van der Waals surface area contributed by atoms with Crippen LogP contribution in [-0.4, -0.2) is 44.9 Å². The van der Waals surface area contributed by atoms with Crippen molar-refractivity contribution in [3.8, 4) is 0 Å². The number of sulfonamides is 1. The molecule has 9 heteroatoms. The number of thiophene rings is 1. The van der Waals surface area contributed by atoms with Gasteiger partial charge in [-0.05, 0) is 64.7 Å². The Kier molecular flexibility index (Phi) is 6.97. The third-order valence-electron chi connectivity index (χ3n) is 5.39. The van der Waals surface area contributed by atoms with Gasteiger partial charge in [0.2, 0.25) is 10.0 Å². The maximum atomic E-state index is 13.2. The Balaban J connectivity index is 1.63. The number of carbonyl (C=O) groups is 1. The molecule has 0 saturated carbocycles. The zero-order chi connectivity index (χ0) is 22.7. The predicted octanol–water partition coefficient (Wildman–Crippen LogP) is 4.25. The first kappa shape index (κ1) is 22.9. The lowest BCUT2D eigenvalue weighted by atomic mass is 10.0. The lowest BCUT2D eigenvalue weighted by Gasteiger charge is -2.27. The summed E-state index contributed by atoms with van der Waals surface area (Å²) in [5, 5.41) is 7.58. The van der Waals surface area contributed by atoms with Crippen molar-refractivity contribution >= 4 is 38.9 Å². The summed E-state index contributed by atoms with van der Waals surface area (Å²) in [6, 6.07) is 13.6. The summed E-state index contributed by atoms with van der Waals surface area (Å²) >= 11 is 7.57. The molecule has 6 nitrogen and oxygen atoms in total. The minimum Gasteiger partial charge on any atom is -0.379 e. The van der Waals surface area contributed by atoms with Crippen LogP contribution in [0.25, 0.3) is 0 Å². The van der Waals surface area contributed by atoms with Crippen LogP contribution in [0.5, 0.6) is 0 Å². The Morgan fingerprint density at radius 1 is 1.09 bits per heavy atom. The van der Waals surface area contributed by atoms with Crippen molar-refractivity contribution in [2.24, 2.45) is 0 Å². The molecule has 1 aliphatic heterocycles. The Labute approximate surface area is 196 Å². The average molecular weight is 491 g/mol. The van der Waals surface area contributed by atoms with Gasteiger partial charge in [-0.2, -0.15) is 15.6 Å². The zero-order valence-electron chi connectivity index (χ0n) is 17.5. The second-order valence-electron chi connectivity index (χ2n) is 7.51. The van der Waals surface area contributed by atoms with Crippen molar-refractivity contribution in [3.05, 3.63) is 86.6 Å². The summed E-state index contributed by atoms with van der Waals surface area (Å²) in [4.78, 5) is 13.3. The predicted molar refractivity (Wildman–Crippen MR) is 126 cm³/mol. The van der Waals surface area contributed by atoms with Gasteiger partial charge < -0.3 is 10.1 Å². The standard InChI is InChI=1S/C23H23ClN2O4S2/c1-16-2-3-18(14-21(16)32(28,29)26-9-11-30-12-10-26)23(27)25-22(19-8-13-31-15-19)17-4-6-20(24)7-5-17/h2-8,13-15,22H,9-12H2,1H3,(H,25,27). The molecule has 2 heterocycles. The highest BCUT2D eigenvalue weighted by molar-refractivity contribution is 7.89. The Hall–Kier alpha value is -2.23. The summed E-state index contributed by atoms with van der Waals surface area (Å²) in [5.41, 5.74) is 2.71. The maximum absolute atomic E-state index is 13.2. The van der Waals surface area contributed by atoms with Crippen LogP contribution in [0.15, 0.2) is 64.2 Å². The molecule has 3 aromatic rings. The molecule has 1 N–H and O–H groups in total. The summed E-state index contributed by atoms with van der Waals surface area (Å²) < 4.78 is 33.0. The van der Waals surface area contributed by atoms with Gasteiger partial charge in [0.1, 0.15) is 0 Å². The highest BCUT2D eigenvalue weighted by atomic mass is 35.5.